The van der Waals surface area contributed by atoms with Crippen LogP contribution in [-0.4, -0.2) is 18.1 Å². The molecule has 0 aromatic carbocycles. The molecule has 4 heteroatoms. The molecule has 13 heavy (non-hydrogen) atoms. The van der Waals surface area contributed by atoms with E-state index >= 15 is 0 Å². The Morgan fingerprint density at radius 1 is 1.62 bits per heavy atom. The van der Waals surface area contributed by atoms with Crippen molar-refractivity contribution in [2.24, 2.45) is 0 Å². The molecule has 1 rings (SSSR count). The SMILES string of the molecule is COC(=O)Cc1ccc(C)c(Br)n1. The lowest BCUT2D eigenvalue weighted by molar-refractivity contribution is -0.139. The molecule has 0 aliphatic rings. The van der Waals surface area contributed by atoms with E-state index in [9.17, 15) is 4.79 Å². The third kappa shape index (κ3) is 2.81. The summed E-state index contributed by atoms with van der Waals surface area (Å²) < 4.78 is 5.30. The van der Waals surface area contributed by atoms with Gasteiger partial charge in [0, 0.05) is 0 Å². The molecule has 0 bridgehead atoms. The van der Waals surface area contributed by atoms with E-state index in [1.54, 1.807) is 0 Å². The molecule has 3 nitrogen and oxygen atoms in total. The van der Waals surface area contributed by atoms with Gasteiger partial charge in [0.15, 0.2) is 0 Å². The third-order valence-corrected chi connectivity index (χ3v) is 2.45. The molecule has 0 aliphatic carbocycles. The Hall–Kier alpha value is -0.900. The normalized spacial score (nSPS) is 9.77. The number of hydrogen-bond acceptors (Lipinski definition) is 3. The summed E-state index contributed by atoms with van der Waals surface area (Å²) in [7, 11) is 1.37. The van der Waals surface area contributed by atoms with Gasteiger partial charge in [-0.2, -0.15) is 0 Å². The van der Waals surface area contributed by atoms with Gasteiger partial charge >= 0.3 is 5.97 Å². The lowest BCUT2D eigenvalue weighted by Gasteiger charge is -2.01. The summed E-state index contributed by atoms with van der Waals surface area (Å²) in [5.74, 6) is -0.275. The van der Waals surface area contributed by atoms with Crippen LogP contribution in [0.3, 0.4) is 0 Å². The second kappa shape index (κ2) is 4.37. The quantitative estimate of drug-likeness (QED) is 0.588. The molecule has 1 heterocycles. The fraction of sp³-hybridized carbons (Fsp3) is 0.333. The fourth-order valence-electron chi connectivity index (χ4n) is 0.860. The largest absolute Gasteiger partial charge is 0.469 e. The van der Waals surface area contributed by atoms with E-state index < -0.39 is 0 Å². The first-order chi connectivity index (χ1) is 6.13. The van der Waals surface area contributed by atoms with Crippen molar-refractivity contribution >= 4 is 21.9 Å². The van der Waals surface area contributed by atoms with Gasteiger partial charge in [-0.3, -0.25) is 4.79 Å². The lowest BCUT2D eigenvalue weighted by Crippen LogP contribution is -2.06. The number of ether oxygens (including phenoxy) is 1. The van der Waals surface area contributed by atoms with Gasteiger partial charge in [-0.15, -0.1) is 0 Å². The van der Waals surface area contributed by atoms with Crippen molar-refractivity contribution in [1.29, 1.82) is 0 Å². The van der Waals surface area contributed by atoms with E-state index in [1.807, 2.05) is 19.1 Å². The number of carbonyl (C=O) groups is 1. The van der Waals surface area contributed by atoms with E-state index in [4.69, 9.17) is 0 Å². The number of carbonyl (C=O) groups excluding carboxylic acids is 1. The van der Waals surface area contributed by atoms with Crippen LogP contribution in [0.1, 0.15) is 11.3 Å². The van der Waals surface area contributed by atoms with E-state index in [-0.39, 0.29) is 12.4 Å². The van der Waals surface area contributed by atoms with Crippen LogP contribution in [0.4, 0.5) is 0 Å². The summed E-state index contributed by atoms with van der Waals surface area (Å²) >= 11 is 3.29. The monoisotopic (exact) mass is 243 g/mol. The molecule has 0 amide bonds. The van der Waals surface area contributed by atoms with Crippen molar-refractivity contribution in [2.75, 3.05) is 7.11 Å². The number of pyridine rings is 1. The lowest BCUT2D eigenvalue weighted by atomic mass is 10.2. The van der Waals surface area contributed by atoms with Crippen LogP contribution in [-0.2, 0) is 16.0 Å². The molecule has 0 atom stereocenters. The minimum absolute atomic E-state index is 0.218. The van der Waals surface area contributed by atoms with Crippen LogP contribution >= 0.6 is 15.9 Å². The number of halogens is 1. The highest BCUT2D eigenvalue weighted by Gasteiger charge is 2.05. The Morgan fingerprint density at radius 2 is 2.31 bits per heavy atom. The van der Waals surface area contributed by atoms with Crippen molar-refractivity contribution < 1.29 is 9.53 Å². The summed E-state index contributed by atoms with van der Waals surface area (Å²) in [6.45, 7) is 1.94. The van der Waals surface area contributed by atoms with E-state index in [2.05, 4.69) is 25.7 Å². The van der Waals surface area contributed by atoms with Crippen LogP contribution in [0.5, 0.6) is 0 Å². The van der Waals surface area contributed by atoms with Crippen molar-refractivity contribution in [3.63, 3.8) is 0 Å². The fourth-order valence-corrected chi connectivity index (χ4v) is 1.22. The first kappa shape index (κ1) is 10.2. The number of methoxy groups -OCH3 is 1. The first-order valence-electron chi connectivity index (χ1n) is 3.82. The summed E-state index contributed by atoms with van der Waals surface area (Å²) in [6, 6.07) is 3.73. The summed E-state index contributed by atoms with van der Waals surface area (Å²) in [4.78, 5) is 15.1. The highest BCUT2D eigenvalue weighted by atomic mass is 79.9. The maximum Gasteiger partial charge on any atom is 0.311 e. The maximum absolute atomic E-state index is 10.9. The van der Waals surface area contributed by atoms with Crippen molar-refractivity contribution in [3.05, 3.63) is 28.0 Å². The standard InChI is InChI=1S/C9H10BrNO2/c1-6-3-4-7(11-9(6)10)5-8(12)13-2/h3-4H,5H2,1-2H3. The minimum atomic E-state index is -0.275. The highest BCUT2D eigenvalue weighted by molar-refractivity contribution is 9.10. The second-order valence-electron chi connectivity index (χ2n) is 2.66. The Morgan fingerprint density at radius 3 is 2.85 bits per heavy atom. The maximum atomic E-state index is 10.9. The highest BCUT2D eigenvalue weighted by Crippen LogP contribution is 2.13. The third-order valence-electron chi connectivity index (χ3n) is 1.65. The van der Waals surface area contributed by atoms with E-state index in [0.717, 1.165) is 10.2 Å². The van der Waals surface area contributed by atoms with E-state index in [0.29, 0.717) is 5.69 Å². The van der Waals surface area contributed by atoms with Gasteiger partial charge in [-0.25, -0.2) is 4.98 Å². The van der Waals surface area contributed by atoms with Gasteiger partial charge in [-0.05, 0) is 34.5 Å². The molecule has 0 unspecified atom stereocenters. The van der Waals surface area contributed by atoms with Crippen LogP contribution in [0.15, 0.2) is 16.7 Å². The summed E-state index contributed by atoms with van der Waals surface area (Å²) in [5.41, 5.74) is 1.76. The molecule has 0 N–H and O–H groups in total. The molecular formula is C9H10BrNO2. The van der Waals surface area contributed by atoms with Crippen LogP contribution in [0.2, 0.25) is 0 Å². The summed E-state index contributed by atoms with van der Waals surface area (Å²) in [5, 5.41) is 0. The Kier molecular flexibility index (Phi) is 3.42. The Labute approximate surface area is 85.3 Å². The molecule has 0 aliphatic heterocycles. The van der Waals surface area contributed by atoms with Gasteiger partial charge in [0.2, 0.25) is 0 Å². The molecule has 1 aromatic rings. The molecule has 0 fully saturated rings. The topological polar surface area (TPSA) is 39.2 Å². The predicted octanol–water partition coefficient (Wildman–Crippen LogP) is 1.87. The molecule has 0 spiro atoms. The minimum Gasteiger partial charge on any atom is -0.469 e. The second-order valence-corrected chi connectivity index (χ2v) is 3.41. The number of esters is 1. The molecule has 0 saturated carbocycles. The van der Waals surface area contributed by atoms with Crippen LogP contribution in [0.25, 0.3) is 0 Å². The zero-order valence-electron chi connectivity index (χ0n) is 7.50. The number of nitrogens with zero attached hydrogens (tertiary/aromatic N) is 1. The smallest absolute Gasteiger partial charge is 0.311 e. The number of aryl methyl sites for hydroxylation is 1. The van der Waals surface area contributed by atoms with Gasteiger partial charge in [0.1, 0.15) is 4.60 Å². The summed E-state index contributed by atoms with van der Waals surface area (Å²) in [6.07, 6.45) is 0.218. The average Bonchev–Trinajstić information content (AvgIpc) is 2.11. The molecule has 0 radical (unpaired) electrons. The van der Waals surface area contributed by atoms with E-state index in [1.165, 1.54) is 7.11 Å². The zero-order valence-corrected chi connectivity index (χ0v) is 9.09. The van der Waals surface area contributed by atoms with Crippen molar-refractivity contribution in [2.45, 2.75) is 13.3 Å². The molecule has 0 saturated heterocycles. The van der Waals surface area contributed by atoms with Crippen molar-refractivity contribution in [3.8, 4) is 0 Å². The molecule has 70 valence electrons. The Balaban J connectivity index is 2.79. The zero-order chi connectivity index (χ0) is 9.84. The first-order valence-corrected chi connectivity index (χ1v) is 4.61. The van der Waals surface area contributed by atoms with Gasteiger partial charge in [-0.1, -0.05) is 6.07 Å². The van der Waals surface area contributed by atoms with Crippen LogP contribution < -0.4 is 0 Å². The average molecular weight is 244 g/mol. The van der Waals surface area contributed by atoms with Gasteiger partial charge in [0.05, 0.1) is 19.2 Å². The molecule has 1 aromatic heterocycles. The number of rotatable bonds is 2. The number of aromatic nitrogens is 1. The predicted molar refractivity (Wildman–Crippen MR) is 52.4 cm³/mol. The Bertz CT molecular complexity index is 325. The number of hydrogen-bond donors (Lipinski definition) is 0. The van der Waals surface area contributed by atoms with Gasteiger partial charge < -0.3 is 4.74 Å². The van der Waals surface area contributed by atoms with Crippen molar-refractivity contribution in [1.82, 2.24) is 4.98 Å². The van der Waals surface area contributed by atoms with Crippen LogP contribution in [0, 0.1) is 6.92 Å². The molecular weight excluding hydrogens is 234 g/mol. The van der Waals surface area contributed by atoms with Gasteiger partial charge in [0.25, 0.3) is 0 Å².